The fourth-order valence-corrected chi connectivity index (χ4v) is 4.05. The summed E-state index contributed by atoms with van der Waals surface area (Å²) in [5.74, 6) is -3.05. The van der Waals surface area contributed by atoms with E-state index in [2.05, 4.69) is 15.0 Å². The summed E-state index contributed by atoms with van der Waals surface area (Å²) in [4.78, 5) is 12.1. The van der Waals surface area contributed by atoms with Crippen LogP contribution in [0, 0.1) is 0 Å². The van der Waals surface area contributed by atoms with E-state index >= 15 is 8.78 Å². The maximum Gasteiger partial charge on any atom is 0.750 e. The van der Waals surface area contributed by atoms with E-state index in [1.807, 2.05) is 0 Å². The third kappa shape index (κ3) is 4.32. The highest BCUT2D eigenvalue weighted by Gasteiger charge is 2.65. The molecule has 1 aliphatic rings. The van der Waals surface area contributed by atoms with Crippen molar-refractivity contribution < 1.29 is 37.0 Å². The second-order valence-corrected chi connectivity index (χ2v) is 8.28. The van der Waals surface area contributed by atoms with Crippen molar-refractivity contribution in [3.8, 4) is 11.6 Å². The Balaban J connectivity index is 1.57. The highest BCUT2D eigenvalue weighted by atomic mass is 31.1. The molecule has 0 saturated carbocycles. The van der Waals surface area contributed by atoms with Gasteiger partial charge in [-0.2, -0.15) is 9.97 Å². The van der Waals surface area contributed by atoms with E-state index in [4.69, 9.17) is 24.3 Å². The lowest BCUT2D eigenvalue weighted by molar-refractivity contribution is -0.191. The molecule has 1 fully saturated rings. The normalized spacial score (nSPS) is 27.6. The number of aromatic nitrogens is 4. The van der Waals surface area contributed by atoms with Crippen LogP contribution in [0.1, 0.15) is 20.1 Å². The first-order valence-corrected chi connectivity index (χ1v) is 10.9. The van der Waals surface area contributed by atoms with E-state index in [0.717, 1.165) is 11.5 Å². The molecule has 1 aliphatic heterocycles. The van der Waals surface area contributed by atoms with Gasteiger partial charge in [0, 0.05) is 4.57 Å². The summed E-state index contributed by atoms with van der Waals surface area (Å²) >= 11 is 0. The molecule has 1 aromatic carbocycles. The Morgan fingerprint density at radius 2 is 2.06 bits per heavy atom. The van der Waals surface area contributed by atoms with Gasteiger partial charge in [-0.05, 0) is 26.0 Å². The number of imidazole rings is 1. The maximum atomic E-state index is 15.4. The number of benzene rings is 1. The average Bonchev–Trinajstić information content (AvgIpc) is 3.26. The quantitative estimate of drug-likeness (QED) is 0.458. The van der Waals surface area contributed by atoms with Crippen molar-refractivity contribution in [2.45, 2.75) is 37.7 Å². The van der Waals surface area contributed by atoms with Crippen LogP contribution in [-0.2, 0) is 13.8 Å². The molecule has 5 unspecified atom stereocenters. The van der Waals surface area contributed by atoms with Crippen LogP contribution in [0.25, 0.3) is 11.2 Å². The first kappa shape index (κ1) is 23.2. The van der Waals surface area contributed by atoms with Crippen LogP contribution in [0.2, 0.25) is 0 Å². The van der Waals surface area contributed by atoms with Gasteiger partial charge in [0.15, 0.2) is 35.9 Å². The summed E-state index contributed by atoms with van der Waals surface area (Å²) in [7, 11) is -2.85. The number of anilines is 1. The Morgan fingerprint density at radius 3 is 2.76 bits per heavy atom. The number of nitrogens with zero attached hydrogens (tertiary/aromatic N) is 4. The third-order valence-corrected chi connectivity index (χ3v) is 5.63. The van der Waals surface area contributed by atoms with Crippen molar-refractivity contribution in [1.82, 2.24) is 19.5 Å². The molecule has 11 nitrogen and oxygen atoms in total. The summed E-state index contributed by atoms with van der Waals surface area (Å²) in [5, 5.41) is 10.8. The zero-order valence-electron chi connectivity index (χ0n) is 17.6. The Bertz CT molecular complexity index is 1170. The number of alkyl halides is 2. The molecule has 14 heteroatoms. The zero-order valence-corrected chi connectivity index (χ0v) is 18.5. The number of hydrogen-bond acceptors (Lipinski definition) is 10. The van der Waals surface area contributed by atoms with E-state index in [-0.39, 0.29) is 35.3 Å². The van der Waals surface area contributed by atoms with Crippen molar-refractivity contribution in [3.05, 3.63) is 36.7 Å². The number of aliphatic hydroxyl groups is 1. The van der Waals surface area contributed by atoms with E-state index in [1.165, 1.54) is 18.5 Å². The molecule has 5 atom stereocenters. The van der Waals surface area contributed by atoms with Gasteiger partial charge >= 0.3 is 8.25 Å². The smallest absolute Gasteiger partial charge is 0.476 e. The molecule has 4 rings (SSSR count). The first-order chi connectivity index (χ1) is 15.7. The summed E-state index contributed by atoms with van der Waals surface area (Å²) in [6.45, 7) is 1.92. The van der Waals surface area contributed by atoms with Gasteiger partial charge in [-0.25, -0.2) is 18.3 Å². The average molecular weight is 484 g/mol. The predicted octanol–water partition coefficient (Wildman–Crippen LogP) is 2.84. The van der Waals surface area contributed by atoms with E-state index in [1.54, 1.807) is 25.1 Å². The molecular weight excluding hydrogens is 463 g/mol. The number of ether oxygens (including phenoxy) is 2. The minimum atomic E-state index is -3.16. The van der Waals surface area contributed by atoms with Crippen molar-refractivity contribution in [2.24, 2.45) is 0 Å². The van der Waals surface area contributed by atoms with Gasteiger partial charge in [-0.15, -0.1) is 4.52 Å². The zero-order chi connectivity index (χ0) is 23.8. The van der Waals surface area contributed by atoms with E-state index in [9.17, 15) is 9.67 Å². The molecule has 1 saturated heterocycles. The minimum Gasteiger partial charge on any atom is -0.476 e. The third-order valence-electron chi connectivity index (χ3n) is 4.93. The standard InChI is InChI=1S/C19H21F2N5O6P/c1-3-29-14-12-13(24-17(22)25-14)26(10-23-12)16-18(2,27)15(20)19(21,31-16)9-30-33(28)32-11-7-5-4-6-8-11/h4-8,10,15-16,27H,3,9H2,1-2H3,(H2,22,24,25)/q+1. The molecule has 176 valence electrons. The predicted molar refractivity (Wildman–Crippen MR) is 111 cm³/mol. The number of para-hydroxylation sites is 1. The molecule has 3 N–H and O–H groups in total. The van der Waals surface area contributed by atoms with Gasteiger partial charge in [0.1, 0.15) is 5.60 Å². The largest absolute Gasteiger partial charge is 0.750 e. The summed E-state index contributed by atoms with van der Waals surface area (Å²) < 4.78 is 64.2. The number of hydrogen-bond donors (Lipinski definition) is 2. The molecule has 3 heterocycles. The van der Waals surface area contributed by atoms with Crippen LogP contribution in [0.5, 0.6) is 11.6 Å². The van der Waals surface area contributed by atoms with Gasteiger partial charge < -0.3 is 20.3 Å². The fourth-order valence-electron chi connectivity index (χ4n) is 3.42. The summed E-state index contributed by atoms with van der Waals surface area (Å²) in [6.07, 6.45) is -3.04. The Morgan fingerprint density at radius 1 is 1.33 bits per heavy atom. The Hall–Kier alpha value is -2.99. The SMILES string of the molecule is CCOc1nc(N)nc2c1ncn2C1OC(F)(CO[P+](=O)Oc2ccccc2)C(F)C1(C)O. The molecule has 0 amide bonds. The second kappa shape index (κ2) is 8.75. The molecule has 0 radical (unpaired) electrons. The molecule has 0 bridgehead atoms. The van der Waals surface area contributed by atoms with Crippen molar-refractivity contribution in [1.29, 1.82) is 0 Å². The van der Waals surface area contributed by atoms with Crippen molar-refractivity contribution in [2.75, 3.05) is 18.9 Å². The fraction of sp³-hybridized carbons (Fsp3) is 0.421. The summed E-state index contributed by atoms with van der Waals surface area (Å²) in [6, 6.07) is 8.02. The number of rotatable bonds is 8. The number of halogens is 2. The molecule has 0 spiro atoms. The Labute approximate surface area is 187 Å². The van der Waals surface area contributed by atoms with Crippen molar-refractivity contribution in [3.63, 3.8) is 0 Å². The van der Waals surface area contributed by atoms with Crippen LogP contribution in [0.4, 0.5) is 14.7 Å². The Kier molecular flexibility index (Phi) is 6.14. The van der Waals surface area contributed by atoms with Crippen LogP contribution < -0.4 is 15.0 Å². The van der Waals surface area contributed by atoms with Gasteiger partial charge in [-0.1, -0.05) is 18.2 Å². The lowest BCUT2D eigenvalue weighted by atomic mass is 9.97. The van der Waals surface area contributed by atoms with Crippen LogP contribution >= 0.6 is 8.25 Å². The molecule has 2 aromatic heterocycles. The second-order valence-electron chi connectivity index (χ2n) is 7.39. The highest BCUT2D eigenvalue weighted by molar-refractivity contribution is 7.33. The van der Waals surface area contributed by atoms with E-state index < -0.39 is 38.7 Å². The number of nitrogen functional groups attached to an aromatic ring is 1. The van der Waals surface area contributed by atoms with Gasteiger partial charge in [-0.3, -0.25) is 4.57 Å². The van der Waals surface area contributed by atoms with Crippen molar-refractivity contribution >= 4 is 25.4 Å². The van der Waals surface area contributed by atoms with Gasteiger partial charge in [0.2, 0.25) is 11.8 Å². The first-order valence-electron chi connectivity index (χ1n) is 9.85. The van der Waals surface area contributed by atoms with Gasteiger partial charge in [0.05, 0.1) is 12.9 Å². The van der Waals surface area contributed by atoms with Crippen LogP contribution in [0.15, 0.2) is 36.7 Å². The summed E-state index contributed by atoms with van der Waals surface area (Å²) in [5.41, 5.74) is 3.52. The maximum absolute atomic E-state index is 15.4. The molecular formula is C19H21F2N5O6P+. The lowest BCUT2D eigenvalue weighted by Crippen LogP contribution is -2.46. The minimum absolute atomic E-state index is 0.0343. The topological polar surface area (TPSA) is 144 Å². The monoisotopic (exact) mass is 484 g/mol. The van der Waals surface area contributed by atoms with E-state index in [0.29, 0.717) is 0 Å². The van der Waals surface area contributed by atoms with Gasteiger partial charge in [0.25, 0.3) is 5.85 Å². The number of nitrogens with two attached hydrogens (primary N) is 1. The molecule has 33 heavy (non-hydrogen) atoms. The number of fused-ring (bicyclic) bond motifs is 1. The van der Waals surface area contributed by atoms with Crippen LogP contribution in [0.3, 0.4) is 0 Å². The lowest BCUT2D eigenvalue weighted by Gasteiger charge is -2.25. The highest BCUT2D eigenvalue weighted by Crippen LogP contribution is 2.49. The van der Waals surface area contributed by atoms with Crippen LogP contribution in [-0.4, -0.2) is 55.5 Å². The molecule has 0 aliphatic carbocycles. The molecule has 3 aromatic rings.